The van der Waals surface area contributed by atoms with Crippen LogP contribution < -0.4 is 11.1 Å². The van der Waals surface area contributed by atoms with Crippen molar-refractivity contribution in [3.63, 3.8) is 0 Å². The number of carbonyl (C=O) groups is 1. The van der Waals surface area contributed by atoms with Crippen LogP contribution in [-0.2, 0) is 0 Å². The lowest BCUT2D eigenvalue weighted by Gasteiger charge is -2.08. The van der Waals surface area contributed by atoms with Gasteiger partial charge in [-0.15, -0.1) is 0 Å². The Morgan fingerprint density at radius 2 is 2.10 bits per heavy atom. The smallest absolute Gasteiger partial charge is 0.269 e. The molecular formula is C14H14N6O. The lowest BCUT2D eigenvalue weighted by molar-refractivity contribution is 0.0995. The summed E-state index contributed by atoms with van der Waals surface area (Å²) in [5, 5.41) is 8.09. The Labute approximate surface area is 120 Å². The van der Waals surface area contributed by atoms with Crippen molar-refractivity contribution in [2.75, 3.05) is 11.9 Å². The molecule has 106 valence electrons. The van der Waals surface area contributed by atoms with Gasteiger partial charge in [0.05, 0.1) is 5.52 Å². The zero-order valence-corrected chi connectivity index (χ0v) is 11.4. The molecule has 0 radical (unpaired) electrons. The molecule has 3 aromatic rings. The SMILES string of the molecule is CCNc1nc(-n2ccc(C(N)=O)n2)c2ccccc2n1. The second kappa shape index (κ2) is 5.20. The number of anilines is 1. The summed E-state index contributed by atoms with van der Waals surface area (Å²) in [7, 11) is 0. The summed E-state index contributed by atoms with van der Waals surface area (Å²) in [5.41, 5.74) is 6.23. The number of nitrogens with zero attached hydrogens (tertiary/aromatic N) is 4. The fourth-order valence-corrected chi connectivity index (χ4v) is 2.04. The molecule has 0 unspecified atom stereocenters. The Morgan fingerprint density at radius 3 is 2.81 bits per heavy atom. The first-order chi connectivity index (χ1) is 10.2. The van der Waals surface area contributed by atoms with Crippen molar-refractivity contribution >= 4 is 22.8 Å². The summed E-state index contributed by atoms with van der Waals surface area (Å²) in [6, 6.07) is 9.19. The number of aromatic nitrogens is 4. The molecule has 3 N–H and O–H groups in total. The zero-order valence-electron chi connectivity index (χ0n) is 11.4. The number of nitrogens with one attached hydrogen (secondary N) is 1. The van der Waals surface area contributed by atoms with E-state index >= 15 is 0 Å². The molecule has 0 fully saturated rings. The molecule has 0 aliphatic rings. The fraction of sp³-hybridized carbons (Fsp3) is 0.143. The van der Waals surface area contributed by atoms with Crippen LogP contribution in [0.5, 0.6) is 0 Å². The summed E-state index contributed by atoms with van der Waals surface area (Å²) < 4.78 is 1.53. The molecule has 0 bridgehead atoms. The molecular weight excluding hydrogens is 268 g/mol. The number of fused-ring (bicyclic) bond motifs is 1. The Balaban J connectivity index is 2.20. The maximum atomic E-state index is 11.2. The summed E-state index contributed by atoms with van der Waals surface area (Å²) >= 11 is 0. The first-order valence-corrected chi connectivity index (χ1v) is 6.55. The molecule has 0 aliphatic carbocycles. The van der Waals surface area contributed by atoms with Gasteiger partial charge in [0.25, 0.3) is 5.91 Å². The van der Waals surface area contributed by atoms with Crippen LogP contribution in [-0.4, -0.2) is 32.2 Å². The largest absolute Gasteiger partial charge is 0.364 e. The summed E-state index contributed by atoms with van der Waals surface area (Å²) in [4.78, 5) is 20.1. The normalized spacial score (nSPS) is 10.7. The maximum Gasteiger partial charge on any atom is 0.269 e. The highest BCUT2D eigenvalue weighted by Crippen LogP contribution is 2.20. The quantitative estimate of drug-likeness (QED) is 0.752. The van der Waals surface area contributed by atoms with Gasteiger partial charge in [-0.25, -0.2) is 9.67 Å². The van der Waals surface area contributed by atoms with Crippen molar-refractivity contribution in [2.24, 2.45) is 5.73 Å². The lowest BCUT2D eigenvalue weighted by Crippen LogP contribution is -2.13. The summed E-state index contributed by atoms with van der Waals surface area (Å²) in [6.45, 7) is 2.68. The van der Waals surface area contributed by atoms with Crippen LogP contribution in [0.1, 0.15) is 17.4 Å². The summed E-state index contributed by atoms with van der Waals surface area (Å²) in [6.07, 6.45) is 1.66. The monoisotopic (exact) mass is 282 g/mol. The number of amides is 1. The first kappa shape index (κ1) is 13.0. The van der Waals surface area contributed by atoms with Gasteiger partial charge >= 0.3 is 0 Å². The molecule has 0 atom stereocenters. The van der Waals surface area contributed by atoms with E-state index < -0.39 is 5.91 Å². The van der Waals surface area contributed by atoms with E-state index in [4.69, 9.17) is 5.73 Å². The minimum absolute atomic E-state index is 0.197. The molecule has 7 nitrogen and oxygen atoms in total. The number of benzene rings is 1. The Morgan fingerprint density at radius 1 is 1.29 bits per heavy atom. The van der Waals surface area contributed by atoms with Crippen molar-refractivity contribution in [3.05, 3.63) is 42.2 Å². The lowest BCUT2D eigenvalue weighted by atomic mass is 10.2. The minimum Gasteiger partial charge on any atom is -0.364 e. The molecule has 2 heterocycles. The van der Waals surface area contributed by atoms with Gasteiger partial charge in [-0.2, -0.15) is 10.1 Å². The van der Waals surface area contributed by atoms with E-state index in [0.717, 1.165) is 10.9 Å². The third kappa shape index (κ3) is 2.40. The predicted octanol–water partition coefficient (Wildman–Crippen LogP) is 1.35. The van der Waals surface area contributed by atoms with E-state index in [-0.39, 0.29) is 5.69 Å². The molecule has 0 saturated heterocycles. The van der Waals surface area contributed by atoms with Crippen LogP contribution in [0.4, 0.5) is 5.95 Å². The fourth-order valence-electron chi connectivity index (χ4n) is 2.04. The van der Waals surface area contributed by atoms with Crippen molar-refractivity contribution in [2.45, 2.75) is 6.92 Å². The minimum atomic E-state index is -0.570. The average molecular weight is 282 g/mol. The van der Waals surface area contributed by atoms with Crippen LogP contribution >= 0.6 is 0 Å². The average Bonchev–Trinajstić information content (AvgIpc) is 2.96. The number of hydrogen-bond acceptors (Lipinski definition) is 5. The second-order valence-corrected chi connectivity index (χ2v) is 4.43. The predicted molar refractivity (Wildman–Crippen MR) is 79.3 cm³/mol. The Hall–Kier alpha value is -2.96. The van der Waals surface area contributed by atoms with E-state index in [1.807, 2.05) is 31.2 Å². The van der Waals surface area contributed by atoms with Crippen LogP contribution in [0.2, 0.25) is 0 Å². The third-order valence-electron chi connectivity index (χ3n) is 2.98. The van der Waals surface area contributed by atoms with Gasteiger partial charge in [-0.05, 0) is 25.1 Å². The van der Waals surface area contributed by atoms with Gasteiger partial charge in [0, 0.05) is 18.1 Å². The molecule has 21 heavy (non-hydrogen) atoms. The van der Waals surface area contributed by atoms with Crippen LogP contribution in [0.25, 0.3) is 16.7 Å². The van der Waals surface area contributed by atoms with Gasteiger partial charge in [0.15, 0.2) is 5.82 Å². The highest BCUT2D eigenvalue weighted by atomic mass is 16.1. The summed E-state index contributed by atoms with van der Waals surface area (Å²) in [5.74, 6) is 0.547. The third-order valence-corrected chi connectivity index (χ3v) is 2.98. The van der Waals surface area contributed by atoms with E-state index in [1.165, 1.54) is 4.68 Å². The molecule has 1 aromatic carbocycles. The van der Waals surface area contributed by atoms with Gasteiger partial charge in [-0.3, -0.25) is 4.79 Å². The maximum absolute atomic E-state index is 11.2. The molecule has 2 aromatic heterocycles. The Bertz CT molecular complexity index is 810. The van der Waals surface area contributed by atoms with Gasteiger partial charge in [0.2, 0.25) is 5.95 Å². The van der Waals surface area contributed by atoms with Crippen molar-refractivity contribution < 1.29 is 4.79 Å². The number of primary amides is 1. The molecule has 0 spiro atoms. The van der Waals surface area contributed by atoms with Crippen molar-refractivity contribution in [3.8, 4) is 5.82 Å². The zero-order chi connectivity index (χ0) is 14.8. The van der Waals surface area contributed by atoms with Gasteiger partial charge < -0.3 is 11.1 Å². The highest BCUT2D eigenvalue weighted by molar-refractivity contribution is 5.91. The molecule has 3 rings (SSSR count). The standard InChI is InChI=1S/C14H14N6O/c1-2-16-14-17-10-6-4-3-5-9(10)13(18-14)20-8-7-11(19-20)12(15)21/h3-8H,2H2,1H3,(H2,15,21)(H,16,17,18). The van der Waals surface area contributed by atoms with E-state index in [9.17, 15) is 4.79 Å². The number of hydrogen-bond donors (Lipinski definition) is 2. The van der Waals surface area contributed by atoms with Crippen molar-refractivity contribution in [1.29, 1.82) is 0 Å². The molecule has 7 heteroatoms. The van der Waals surface area contributed by atoms with E-state index in [1.54, 1.807) is 12.3 Å². The van der Waals surface area contributed by atoms with Crippen LogP contribution in [0.15, 0.2) is 36.5 Å². The Kier molecular flexibility index (Phi) is 3.23. The van der Waals surface area contributed by atoms with E-state index in [0.29, 0.717) is 18.3 Å². The highest BCUT2D eigenvalue weighted by Gasteiger charge is 2.12. The molecule has 0 aliphatic heterocycles. The number of para-hydroxylation sites is 1. The number of rotatable bonds is 4. The van der Waals surface area contributed by atoms with Crippen LogP contribution in [0, 0.1) is 0 Å². The number of nitrogens with two attached hydrogens (primary N) is 1. The van der Waals surface area contributed by atoms with Gasteiger partial charge in [0.1, 0.15) is 5.69 Å². The number of carbonyl (C=O) groups excluding carboxylic acids is 1. The molecule has 0 saturated carbocycles. The van der Waals surface area contributed by atoms with Gasteiger partial charge in [-0.1, -0.05) is 12.1 Å². The first-order valence-electron chi connectivity index (χ1n) is 6.55. The molecule has 1 amide bonds. The second-order valence-electron chi connectivity index (χ2n) is 4.43. The topological polar surface area (TPSA) is 98.7 Å². The van der Waals surface area contributed by atoms with Crippen molar-refractivity contribution in [1.82, 2.24) is 19.7 Å². The van der Waals surface area contributed by atoms with Crippen LogP contribution in [0.3, 0.4) is 0 Å². The van der Waals surface area contributed by atoms with E-state index in [2.05, 4.69) is 20.4 Å².